The number of fused-ring (bicyclic) bond motifs is 1. The van der Waals surface area contributed by atoms with Gasteiger partial charge < -0.3 is 5.32 Å². The standard InChI is InChI=1S/C19H18N2OS/c20-11-16-13-8-4-5-9-17(13)23-19(16)21-18(22)15-10-14(15)12-6-2-1-3-7-12/h1-3,6-7,14-15H,4-5,8-10H2,(H,21,22)/t14-,15+/m0/s1. The van der Waals surface area contributed by atoms with Crippen molar-refractivity contribution >= 4 is 22.2 Å². The fourth-order valence-corrected chi connectivity index (χ4v) is 4.77. The van der Waals surface area contributed by atoms with Crippen LogP contribution in [0.2, 0.25) is 0 Å². The van der Waals surface area contributed by atoms with Gasteiger partial charge in [0.1, 0.15) is 11.1 Å². The number of aryl methyl sites for hydroxylation is 1. The zero-order chi connectivity index (χ0) is 15.8. The molecule has 0 aliphatic heterocycles. The molecule has 1 amide bonds. The monoisotopic (exact) mass is 322 g/mol. The van der Waals surface area contributed by atoms with Crippen LogP contribution in [-0.2, 0) is 17.6 Å². The number of nitrogens with one attached hydrogen (secondary N) is 1. The molecule has 2 atom stereocenters. The first-order chi connectivity index (χ1) is 11.3. The number of nitrogens with zero attached hydrogens (tertiary/aromatic N) is 1. The fraction of sp³-hybridized carbons (Fsp3) is 0.368. The number of thiophene rings is 1. The summed E-state index contributed by atoms with van der Waals surface area (Å²) in [6, 6.07) is 12.5. The van der Waals surface area contributed by atoms with Gasteiger partial charge in [0.05, 0.1) is 5.56 Å². The lowest BCUT2D eigenvalue weighted by atomic mass is 9.96. The van der Waals surface area contributed by atoms with E-state index in [0.29, 0.717) is 11.5 Å². The molecule has 1 saturated carbocycles. The van der Waals surface area contributed by atoms with Crippen molar-refractivity contribution in [2.45, 2.75) is 38.0 Å². The van der Waals surface area contributed by atoms with Crippen LogP contribution in [0, 0.1) is 17.2 Å². The van der Waals surface area contributed by atoms with Gasteiger partial charge in [0.15, 0.2) is 0 Å². The molecule has 4 heteroatoms. The molecule has 2 aliphatic rings. The second kappa shape index (κ2) is 5.82. The van der Waals surface area contributed by atoms with E-state index >= 15 is 0 Å². The van der Waals surface area contributed by atoms with E-state index in [9.17, 15) is 10.1 Å². The van der Waals surface area contributed by atoms with Crippen LogP contribution in [0.15, 0.2) is 30.3 Å². The molecular weight excluding hydrogens is 304 g/mol. The largest absolute Gasteiger partial charge is 0.316 e. The highest BCUT2D eigenvalue weighted by atomic mass is 32.1. The van der Waals surface area contributed by atoms with Crippen LogP contribution < -0.4 is 5.32 Å². The third-order valence-electron chi connectivity index (χ3n) is 4.87. The second-order valence-electron chi connectivity index (χ2n) is 6.38. The minimum absolute atomic E-state index is 0.0445. The van der Waals surface area contributed by atoms with Crippen molar-refractivity contribution in [1.82, 2.24) is 0 Å². The topological polar surface area (TPSA) is 52.9 Å². The lowest BCUT2D eigenvalue weighted by molar-refractivity contribution is -0.117. The van der Waals surface area contributed by atoms with Crippen molar-refractivity contribution < 1.29 is 4.79 Å². The van der Waals surface area contributed by atoms with Crippen LogP contribution in [0.5, 0.6) is 0 Å². The molecular formula is C19H18N2OS. The summed E-state index contributed by atoms with van der Waals surface area (Å²) in [5.41, 5.74) is 3.11. The van der Waals surface area contributed by atoms with Crippen molar-refractivity contribution in [2.75, 3.05) is 5.32 Å². The number of carbonyl (C=O) groups is 1. The Labute approximate surface area is 140 Å². The van der Waals surface area contributed by atoms with Gasteiger partial charge >= 0.3 is 0 Å². The van der Waals surface area contributed by atoms with Crippen LogP contribution in [0.1, 0.15) is 46.7 Å². The first-order valence-electron chi connectivity index (χ1n) is 8.18. The Kier molecular flexibility index (Phi) is 3.66. The highest BCUT2D eigenvalue weighted by Gasteiger charge is 2.44. The van der Waals surface area contributed by atoms with Gasteiger partial charge in [0, 0.05) is 10.8 Å². The lowest BCUT2D eigenvalue weighted by Crippen LogP contribution is -2.14. The Morgan fingerprint density at radius 1 is 1.22 bits per heavy atom. The number of rotatable bonds is 3. The average molecular weight is 322 g/mol. The van der Waals surface area contributed by atoms with Gasteiger partial charge in [-0.2, -0.15) is 5.26 Å². The third-order valence-corrected chi connectivity index (χ3v) is 6.08. The van der Waals surface area contributed by atoms with E-state index in [1.807, 2.05) is 18.2 Å². The summed E-state index contributed by atoms with van der Waals surface area (Å²) in [6.07, 6.45) is 5.25. The number of nitriles is 1. The maximum Gasteiger partial charge on any atom is 0.228 e. The fourth-order valence-electron chi connectivity index (χ4n) is 3.53. The van der Waals surface area contributed by atoms with Crippen LogP contribution >= 0.6 is 11.3 Å². The molecule has 1 heterocycles. The molecule has 116 valence electrons. The van der Waals surface area contributed by atoms with Gasteiger partial charge in [-0.1, -0.05) is 30.3 Å². The zero-order valence-electron chi connectivity index (χ0n) is 12.8. The van der Waals surface area contributed by atoms with E-state index < -0.39 is 0 Å². The third kappa shape index (κ3) is 2.66. The summed E-state index contributed by atoms with van der Waals surface area (Å²) >= 11 is 1.60. The number of carbonyl (C=O) groups excluding carboxylic acids is 1. The highest BCUT2D eigenvalue weighted by Crippen LogP contribution is 2.48. The molecule has 0 unspecified atom stereocenters. The minimum atomic E-state index is 0.0445. The molecule has 0 bridgehead atoms. The molecule has 1 N–H and O–H groups in total. The SMILES string of the molecule is N#Cc1c(NC(=O)[C@@H]2C[C@H]2c2ccccc2)sc2c1CCCC2. The van der Waals surface area contributed by atoms with E-state index in [2.05, 4.69) is 23.5 Å². The summed E-state index contributed by atoms with van der Waals surface area (Å²) < 4.78 is 0. The molecule has 2 aliphatic carbocycles. The summed E-state index contributed by atoms with van der Waals surface area (Å²) in [7, 11) is 0. The second-order valence-corrected chi connectivity index (χ2v) is 7.48. The number of amides is 1. The van der Waals surface area contributed by atoms with Crippen molar-refractivity contribution in [3.8, 4) is 6.07 Å². The van der Waals surface area contributed by atoms with Gasteiger partial charge in [-0.05, 0) is 49.1 Å². The van der Waals surface area contributed by atoms with Gasteiger partial charge in [0.2, 0.25) is 5.91 Å². The maximum atomic E-state index is 12.5. The Hall–Kier alpha value is -2.12. The summed E-state index contributed by atoms with van der Waals surface area (Å²) in [6.45, 7) is 0. The van der Waals surface area contributed by atoms with E-state index in [1.165, 1.54) is 22.4 Å². The van der Waals surface area contributed by atoms with Gasteiger partial charge in [-0.15, -0.1) is 11.3 Å². The van der Waals surface area contributed by atoms with E-state index in [1.54, 1.807) is 11.3 Å². The molecule has 0 saturated heterocycles. The molecule has 1 fully saturated rings. The number of benzene rings is 1. The zero-order valence-corrected chi connectivity index (χ0v) is 13.7. The minimum Gasteiger partial charge on any atom is -0.316 e. The van der Waals surface area contributed by atoms with E-state index in [4.69, 9.17) is 0 Å². The van der Waals surface area contributed by atoms with E-state index in [-0.39, 0.29) is 11.8 Å². The van der Waals surface area contributed by atoms with Crippen molar-refractivity contribution in [1.29, 1.82) is 5.26 Å². The van der Waals surface area contributed by atoms with Crippen molar-refractivity contribution in [3.63, 3.8) is 0 Å². The van der Waals surface area contributed by atoms with Crippen LogP contribution in [0.25, 0.3) is 0 Å². The quantitative estimate of drug-likeness (QED) is 0.919. The highest BCUT2D eigenvalue weighted by molar-refractivity contribution is 7.16. The summed E-state index contributed by atoms with van der Waals surface area (Å²) in [4.78, 5) is 13.8. The number of hydrogen-bond acceptors (Lipinski definition) is 3. The Bertz CT molecular complexity index is 788. The normalized spacial score (nSPS) is 22.0. The molecule has 1 aromatic heterocycles. The predicted octanol–water partition coefficient (Wildman–Crippen LogP) is 4.24. The van der Waals surface area contributed by atoms with Crippen LogP contribution in [0.4, 0.5) is 5.00 Å². The van der Waals surface area contributed by atoms with Crippen molar-refractivity contribution in [3.05, 3.63) is 51.9 Å². The molecule has 3 nitrogen and oxygen atoms in total. The molecule has 23 heavy (non-hydrogen) atoms. The Balaban J connectivity index is 1.50. The number of anilines is 1. The van der Waals surface area contributed by atoms with E-state index in [0.717, 1.165) is 30.7 Å². The molecule has 2 aromatic rings. The van der Waals surface area contributed by atoms with Gasteiger partial charge in [-0.25, -0.2) is 0 Å². The smallest absolute Gasteiger partial charge is 0.228 e. The number of hydrogen-bond donors (Lipinski definition) is 1. The predicted molar refractivity (Wildman–Crippen MR) is 91.6 cm³/mol. The summed E-state index contributed by atoms with van der Waals surface area (Å²) in [5, 5.41) is 13.3. The molecule has 1 aromatic carbocycles. The van der Waals surface area contributed by atoms with Crippen LogP contribution in [-0.4, -0.2) is 5.91 Å². The first-order valence-corrected chi connectivity index (χ1v) is 9.00. The van der Waals surface area contributed by atoms with Gasteiger partial charge in [-0.3, -0.25) is 4.79 Å². The first kappa shape index (κ1) is 14.5. The average Bonchev–Trinajstić information content (AvgIpc) is 3.31. The summed E-state index contributed by atoms with van der Waals surface area (Å²) in [5.74, 6) is 0.438. The molecule has 4 rings (SSSR count). The molecule has 0 spiro atoms. The lowest BCUT2D eigenvalue weighted by Gasteiger charge is -2.09. The Morgan fingerprint density at radius 3 is 2.78 bits per heavy atom. The van der Waals surface area contributed by atoms with Crippen molar-refractivity contribution in [2.24, 2.45) is 5.92 Å². The van der Waals surface area contributed by atoms with Crippen LogP contribution in [0.3, 0.4) is 0 Å². The Morgan fingerprint density at radius 2 is 2.00 bits per heavy atom. The molecule has 0 radical (unpaired) electrons. The maximum absolute atomic E-state index is 12.5. The van der Waals surface area contributed by atoms with Gasteiger partial charge in [0.25, 0.3) is 0 Å².